The summed E-state index contributed by atoms with van der Waals surface area (Å²) in [5, 5.41) is 3.66. The van der Waals surface area contributed by atoms with Gasteiger partial charge in [0.15, 0.2) is 0 Å². The molecule has 1 aromatic heterocycles. The van der Waals surface area contributed by atoms with Crippen LogP contribution in [0.25, 0.3) is 0 Å². The predicted molar refractivity (Wildman–Crippen MR) is 83.8 cm³/mol. The fourth-order valence-corrected chi connectivity index (χ4v) is 2.59. The fourth-order valence-electron chi connectivity index (χ4n) is 2.59. The van der Waals surface area contributed by atoms with Crippen LogP contribution in [0.15, 0.2) is 36.7 Å². The van der Waals surface area contributed by atoms with Crippen molar-refractivity contribution in [2.24, 2.45) is 0 Å². The van der Waals surface area contributed by atoms with E-state index in [0.29, 0.717) is 6.04 Å². The molecular weight excluding hydrogens is 246 g/mol. The zero-order valence-corrected chi connectivity index (χ0v) is 12.8. The van der Waals surface area contributed by atoms with Crippen molar-refractivity contribution in [3.63, 3.8) is 0 Å². The number of rotatable bonds is 7. The predicted octanol–water partition coefficient (Wildman–Crippen LogP) is 3.49. The maximum absolute atomic E-state index is 4.51. The lowest BCUT2D eigenvalue weighted by Crippen LogP contribution is -2.26. The van der Waals surface area contributed by atoms with E-state index in [-0.39, 0.29) is 0 Å². The molecule has 1 N–H and O–H groups in total. The Morgan fingerprint density at radius 3 is 2.75 bits per heavy atom. The second-order valence-electron chi connectivity index (χ2n) is 5.20. The van der Waals surface area contributed by atoms with E-state index in [2.05, 4.69) is 66.1 Å². The number of aryl methyl sites for hydroxylation is 2. The van der Waals surface area contributed by atoms with Gasteiger partial charge in [0.25, 0.3) is 0 Å². The first-order valence-corrected chi connectivity index (χ1v) is 7.55. The molecule has 0 fully saturated rings. The molecule has 3 nitrogen and oxygen atoms in total. The summed E-state index contributed by atoms with van der Waals surface area (Å²) in [6, 6.07) is 8.96. The van der Waals surface area contributed by atoms with Crippen LogP contribution >= 0.6 is 0 Å². The second-order valence-corrected chi connectivity index (χ2v) is 5.20. The smallest absolute Gasteiger partial charge is 0.110 e. The molecular formula is C17H25N3. The van der Waals surface area contributed by atoms with Gasteiger partial charge in [-0.25, -0.2) is 4.98 Å². The largest absolute Gasteiger partial charge is 0.335 e. The van der Waals surface area contributed by atoms with Crippen molar-refractivity contribution in [3.8, 4) is 0 Å². The minimum Gasteiger partial charge on any atom is -0.335 e. The molecule has 1 unspecified atom stereocenters. The van der Waals surface area contributed by atoms with Crippen molar-refractivity contribution in [1.82, 2.24) is 14.9 Å². The Morgan fingerprint density at radius 2 is 2.05 bits per heavy atom. The summed E-state index contributed by atoms with van der Waals surface area (Å²) < 4.78 is 2.22. The first-order valence-electron chi connectivity index (χ1n) is 7.55. The van der Waals surface area contributed by atoms with E-state index in [0.717, 1.165) is 31.8 Å². The fraction of sp³-hybridized carbons (Fsp3) is 0.471. The molecule has 0 aliphatic carbocycles. The zero-order chi connectivity index (χ0) is 14.4. The van der Waals surface area contributed by atoms with Crippen LogP contribution in [0, 0.1) is 6.92 Å². The van der Waals surface area contributed by atoms with E-state index in [1.54, 1.807) is 0 Å². The van der Waals surface area contributed by atoms with Crippen LogP contribution in [-0.2, 0) is 13.0 Å². The van der Waals surface area contributed by atoms with Gasteiger partial charge < -0.3 is 9.88 Å². The number of hydrogen-bond acceptors (Lipinski definition) is 2. The summed E-state index contributed by atoms with van der Waals surface area (Å²) in [7, 11) is 0. The lowest BCUT2D eigenvalue weighted by Gasteiger charge is -2.21. The van der Waals surface area contributed by atoms with Crippen molar-refractivity contribution in [2.75, 3.05) is 6.54 Å². The van der Waals surface area contributed by atoms with Crippen molar-refractivity contribution in [3.05, 3.63) is 53.6 Å². The third kappa shape index (κ3) is 3.48. The summed E-state index contributed by atoms with van der Waals surface area (Å²) in [6.07, 6.45) is 6.04. The van der Waals surface area contributed by atoms with Gasteiger partial charge in [-0.1, -0.05) is 31.2 Å². The number of aromatic nitrogens is 2. The highest BCUT2D eigenvalue weighted by Gasteiger charge is 2.15. The highest BCUT2D eigenvalue weighted by Crippen LogP contribution is 2.21. The number of hydrogen-bond donors (Lipinski definition) is 1. The van der Waals surface area contributed by atoms with Crippen LogP contribution in [0.3, 0.4) is 0 Å². The van der Waals surface area contributed by atoms with Gasteiger partial charge in [-0.3, -0.25) is 0 Å². The van der Waals surface area contributed by atoms with Gasteiger partial charge in [-0.2, -0.15) is 0 Å². The standard InChI is InChI=1S/C17H25N3/c1-4-10-18-16(15-9-7-6-8-14(15)3)13-17-19-11-12-20(17)5-2/h6-9,11-12,16,18H,4-5,10,13H2,1-3H3. The minimum atomic E-state index is 0.337. The number of benzene rings is 1. The summed E-state index contributed by atoms with van der Waals surface area (Å²) in [6.45, 7) is 8.56. The van der Waals surface area contributed by atoms with Gasteiger partial charge >= 0.3 is 0 Å². The molecule has 1 heterocycles. The Kier molecular flexibility index (Phi) is 5.36. The highest BCUT2D eigenvalue weighted by atomic mass is 15.1. The molecule has 1 aromatic carbocycles. The maximum atomic E-state index is 4.51. The van der Waals surface area contributed by atoms with Crippen LogP contribution in [0.2, 0.25) is 0 Å². The topological polar surface area (TPSA) is 29.9 Å². The SMILES string of the molecule is CCCNC(Cc1nccn1CC)c1ccccc1C. The Bertz CT molecular complexity index is 531. The highest BCUT2D eigenvalue weighted by molar-refractivity contribution is 5.29. The molecule has 1 atom stereocenters. The normalized spacial score (nSPS) is 12.6. The van der Waals surface area contributed by atoms with E-state index in [9.17, 15) is 0 Å². The molecule has 0 aliphatic heterocycles. The Morgan fingerprint density at radius 1 is 1.25 bits per heavy atom. The Labute approximate surface area is 122 Å². The molecule has 0 spiro atoms. The molecule has 0 bridgehead atoms. The van der Waals surface area contributed by atoms with Crippen molar-refractivity contribution >= 4 is 0 Å². The third-order valence-electron chi connectivity index (χ3n) is 3.73. The van der Waals surface area contributed by atoms with Crippen LogP contribution in [-0.4, -0.2) is 16.1 Å². The van der Waals surface area contributed by atoms with Crippen molar-refractivity contribution in [2.45, 2.75) is 46.2 Å². The third-order valence-corrected chi connectivity index (χ3v) is 3.73. The van der Waals surface area contributed by atoms with Gasteiger partial charge in [0.1, 0.15) is 5.82 Å². The van der Waals surface area contributed by atoms with E-state index < -0.39 is 0 Å². The molecule has 0 saturated carbocycles. The van der Waals surface area contributed by atoms with E-state index in [1.807, 2.05) is 6.20 Å². The Balaban J connectivity index is 2.22. The first kappa shape index (κ1) is 14.8. The second kappa shape index (κ2) is 7.25. The van der Waals surface area contributed by atoms with Crippen LogP contribution < -0.4 is 5.32 Å². The molecule has 0 aliphatic rings. The average Bonchev–Trinajstić information content (AvgIpc) is 2.91. The molecule has 2 aromatic rings. The van der Waals surface area contributed by atoms with Crippen LogP contribution in [0.1, 0.15) is 43.3 Å². The van der Waals surface area contributed by atoms with E-state index in [4.69, 9.17) is 0 Å². The summed E-state index contributed by atoms with van der Waals surface area (Å²) in [5.41, 5.74) is 2.72. The number of imidazole rings is 1. The molecule has 108 valence electrons. The van der Waals surface area contributed by atoms with Crippen LogP contribution in [0.5, 0.6) is 0 Å². The van der Waals surface area contributed by atoms with Gasteiger partial charge in [0, 0.05) is 31.4 Å². The average molecular weight is 271 g/mol. The number of nitrogens with one attached hydrogen (secondary N) is 1. The molecule has 20 heavy (non-hydrogen) atoms. The monoisotopic (exact) mass is 271 g/mol. The quantitative estimate of drug-likeness (QED) is 0.835. The summed E-state index contributed by atoms with van der Waals surface area (Å²) >= 11 is 0. The zero-order valence-electron chi connectivity index (χ0n) is 12.8. The van der Waals surface area contributed by atoms with Gasteiger partial charge in [-0.05, 0) is 37.9 Å². The van der Waals surface area contributed by atoms with E-state index >= 15 is 0 Å². The minimum absolute atomic E-state index is 0.337. The summed E-state index contributed by atoms with van der Waals surface area (Å²) in [5.74, 6) is 1.16. The molecule has 0 radical (unpaired) electrons. The van der Waals surface area contributed by atoms with Crippen LogP contribution in [0.4, 0.5) is 0 Å². The summed E-state index contributed by atoms with van der Waals surface area (Å²) in [4.78, 5) is 4.51. The lowest BCUT2D eigenvalue weighted by molar-refractivity contribution is 0.505. The van der Waals surface area contributed by atoms with Crippen molar-refractivity contribution < 1.29 is 0 Å². The number of nitrogens with zero attached hydrogens (tertiary/aromatic N) is 2. The Hall–Kier alpha value is -1.61. The molecule has 0 saturated heterocycles. The maximum Gasteiger partial charge on any atom is 0.110 e. The van der Waals surface area contributed by atoms with Crippen molar-refractivity contribution in [1.29, 1.82) is 0 Å². The van der Waals surface area contributed by atoms with Gasteiger partial charge in [-0.15, -0.1) is 0 Å². The van der Waals surface area contributed by atoms with E-state index in [1.165, 1.54) is 11.1 Å². The molecule has 2 rings (SSSR count). The lowest BCUT2D eigenvalue weighted by atomic mass is 9.98. The first-order chi connectivity index (χ1) is 9.76. The van der Waals surface area contributed by atoms with Gasteiger partial charge in [0.2, 0.25) is 0 Å². The molecule has 3 heteroatoms. The molecule has 0 amide bonds. The van der Waals surface area contributed by atoms with Gasteiger partial charge in [0.05, 0.1) is 0 Å².